The minimum atomic E-state index is -0.366. The topological polar surface area (TPSA) is 55.0 Å². The largest absolute Gasteiger partial charge is 0.487 e. The zero-order chi connectivity index (χ0) is 18.8. The predicted octanol–water partition coefficient (Wildman–Crippen LogP) is 5.28. The number of pyridine rings is 2. The van der Waals surface area contributed by atoms with Gasteiger partial charge >= 0.3 is 0 Å². The normalized spacial score (nSPS) is 10.9. The minimum absolute atomic E-state index is 0.256. The molecule has 0 aliphatic rings. The third kappa shape index (κ3) is 3.54. The number of aromatic amines is 1. The monoisotopic (exact) mass is 395 g/mol. The van der Waals surface area contributed by atoms with Crippen LogP contribution in [0.1, 0.15) is 5.56 Å². The molecule has 1 radical (unpaired) electrons. The average Bonchev–Trinajstić information content (AvgIpc) is 2.69. The van der Waals surface area contributed by atoms with Gasteiger partial charge in [0.25, 0.3) is 5.56 Å². The van der Waals surface area contributed by atoms with E-state index in [4.69, 9.17) is 27.9 Å². The van der Waals surface area contributed by atoms with E-state index in [1.165, 1.54) is 0 Å². The summed E-state index contributed by atoms with van der Waals surface area (Å²) in [5.74, 6) is 0.345. The van der Waals surface area contributed by atoms with Crippen molar-refractivity contribution in [1.82, 2.24) is 9.97 Å². The highest BCUT2D eigenvalue weighted by molar-refractivity contribution is 6.36. The molecule has 2 heterocycles. The summed E-state index contributed by atoms with van der Waals surface area (Å²) in [5.41, 5.74) is 1.73. The lowest BCUT2D eigenvalue weighted by Crippen LogP contribution is -2.11. The molecule has 0 fully saturated rings. The van der Waals surface area contributed by atoms with Crippen molar-refractivity contribution >= 4 is 34.2 Å². The molecular formula is C21H13Cl2N2O2. The fourth-order valence-electron chi connectivity index (χ4n) is 2.78. The first-order chi connectivity index (χ1) is 13.1. The van der Waals surface area contributed by atoms with Gasteiger partial charge in [0.2, 0.25) is 0 Å². The van der Waals surface area contributed by atoms with Gasteiger partial charge in [0, 0.05) is 17.6 Å². The number of fused-ring (bicyclic) bond motifs is 1. The van der Waals surface area contributed by atoms with E-state index in [-0.39, 0.29) is 11.1 Å². The molecule has 2 aromatic heterocycles. The molecule has 0 aliphatic carbocycles. The van der Waals surface area contributed by atoms with E-state index in [1.54, 1.807) is 24.4 Å². The summed E-state index contributed by atoms with van der Waals surface area (Å²) in [6, 6.07) is 19.6. The molecule has 0 atom stereocenters. The number of hydrogen-bond donors (Lipinski definition) is 1. The third-order valence-electron chi connectivity index (χ3n) is 4.06. The average molecular weight is 396 g/mol. The maximum Gasteiger partial charge on any atom is 0.258 e. The van der Waals surface area contributed by atoms with Crippen LogP contribution >= 0.6 is 23.2 Å². The van der Waals surface area contributed by atoms with Crippen molar-refractivity contribution in [2.75, 3.05) is 0 Å². The summed E-state index contributed by atoms with van der Waals surface area (Å²) >= 11 is 12.8. The van der Waals surface area contributed by atoms with Crippen molar-refractivity contribution in [2.45, 2.75) is 6.61 Å². The van der Waals surface area contributed by atoms with E-state index in [0.29, 0.717) is 39.0 Å². The van der Waals surface area contributed by atoms with E-state index < -0.39 is 0 Å². The van der Waals surface area contributed by atoms with Gasteiger partial charge in [-0.3, -0.25) is 4.79 Å². The molecule has 27 heavy (non-hydrogen) atoms. The number of ether oxygens (including phenoxy) is 1. The number of benzene rings is 2. The summed E-state index contributed by atoms with van der Waals surface area (Å²) in [4.78, 5) is 19.5. The van der Waals surface area contributed by atoms with Crippen molar-refractivity contribution in [3.8, 4) is 16.9 Å². The number of halogens is 2. The fourth-order valence-corrected chi connectivity index (χ4v) is 3.24. The van der Waals surface area contributed by atoms with Crippen molar-refractivity contribution < 1.29 is 4.74 Å². The van der Waals surface area contributed by atoms with Gasteiger partial charge in [0.15, 0.2) is 0 Å². The minimum Gasteiger partial charge on any atom is -0.487 e. The Bertz CT molecular complexity index is 1170. The van der Waals surface area contributed by atoms with E-state index >= 15 is 0 Å². The van der Waals surface area contributed by atoms with Crippen LogP contribution in [0.2, 0.25) is 10.0 Å². The Morgan fingerprint density at radius 1 is 1.00 bits per heavy atom. The van der Waals surface area contributed by atoms with Gasteiger partial charge in [-0.25, -0.2) is 4.98 Å². The Morgan fingerprint density at radius 3 is 2.59 bits per heavy atom. The second kappa shape index (κ2) is 7.43. The summed E-state index contributed by atoms with van der Waals surface area (Å²) < 4.78 is 5.95. The third-order valence-corrected chi connectivity index (χ3v) is 4.67. The molecule has 0 saturated heterocycles. The number of rotatable bonds is 4. The zero-order valence-corrected chi connectivity index (χ0v) is 15.5. The summed E-state index contributed by atoms with van der Waals surface area (Å²) in [6.07, 6.45) is 1.60. The van der Waals surface area contributed by atoms with Gasteiger partial charge in [0.05, 0.1) is 21.2 Å². The van der Waals surface area contributed by atoms with Gasteiger partial charge < -0.3 is 9.72 Å². The van der Waals surface area contributed by atoms with E-state index in [1.807, 2.05) is 36.4 Å². The van der Waals surface area contributed by atoms with Crippen LogP contribution in [0.3, 0.4) is 0 Å². The van der Waals surface area contributed by atoms with Crippen LogP contribution in [-0.2, 0) is 6.61 Å². The number of nitrogens with one attached hydrogen (secondary N) is 1. The molecule has 0 spiro atoms. The van der Waals surface area contributed by atoms with E-state index in [9.17, 15) is 4.79 Å². The van der Waals surface area contributed by atoms with E-state index in [2.05, 4.69) is 16.0 Å². The van der Waals surface area contributed by atoms with Crippen LogP contribution < -0.4 is 10.3 Å². The highest BCUT2D eigenvalue weighted by Crippen LogP contribution is 2.40. The molecule has 4 rings (SSSR count). The lowest BCUT2D eigenvalue weighted by Gasteiger charge is -2.15. The molecule has 0 unspecified atom stereocenters. The van der Waals surface area contributed by atoms with Crippen molar-refractivity contribution in [2.24, 2.45) is 0 Å². The van der Waals surface area contributed by atoms with Crippen molar-refractivity contribution in [3.05, 3.63) is 92.8 Å². The van der Waals surface area contributed by atoms with Crippen LogP contribution in [0.25, 0.3) is 22.2 Å². The van der Waals surface area contributed by atoms with Gasteiger partial charge in [-0.1, -0.05) is 53.5 Å². The smallest absolute Gasteiger partial charge is 0.258 e. The number of aromatic nitrogens is 2. The number of H-pyrrole nitrogens is 1. The molecule has 0 aliphatic heterocycles. The molecule has 133 valence electrons. The summed E-state index contributed by atoms with van der Waals surface area (Å²) in [7, 11) is 0. The first kappa shape index (κ1) is 17.6. The maximum absolute atomic E-state index is 12.6. The Morgan fingerprint density at radius 2 is 1.78 bits per heavy atom. The Balaban J connectivity index is 1.84. The highest BCUT2D eigenvalue weighted by atomic mass is 35.5. The van der Waals surface area contributed by atoms with Gasteiger partial charge in [-0.15, -0.1) is 0 Å². The Hall–Kier alpha value is -2.82. The molecular weight excluding hydrogens is 383 g/mol. The quantitative estimate of drug-likeness (QED) is 0.511. The van der Waals surface area contributed by atoms with Crippen LogP contribution in [-0.4, -0.2) is 9.97 Å². The lowest BCUT2D eigenvalue weighted by molar-refractivity contribution is 0.307. The first-order valence-corrected chi connectivity index (χ1v) is 8.94. The second-order valence-corrected chi connectivity index (χ2v) is 6.68. The molecule has 4 aromatic rings. The first-order valence-electron chi connectivity index (χ1n) is 8.19. The van der Waals surface area contributed by atoms with Crippen LogP contribution in [0.15, 0.2) is 65.6 Å². The molecule has 0 saturated carbocycles. The van der Waals surface area contributed by atoms with Gasteiger partial charge in [-0.05, 0) is 29.8 Å². The SMILES string of the molecule is O=c1[nH]c2ncccc2[c]c1-c1c(Cl)ccc(Cl)c1OCc1ccccc1. The van der Waals surface area contributed by atoms with Crippen LogP contribution in [0.4, 0.5) is 0 Å². The van der Waals surface area contributed by atoms with Gasteiger partial charge in [-0.2, -0.15) is 0 Å². The van der Waals surface area contributed by atoms with E-state index in [0.717, 1.165) is 5.56 Å². The van der Waals surface area contributed by atoms with Crippen molar-refractivity contribution in [1.29, 1.82) is 0 Å². The fraction of sp³-hybridized carbons (Fsp3) is 0.0476. The highest BCUT2D eigenvalue weighted by Gasteiger charge is 2.19. The molecule has 0 amide bonds. The summed E-state index contributed by atoms with van der Waals surface area (Å²) in [6.45, 7) is 0.293. The van der Waals surface area contributed by atoms with Crippen LogP contribution in [0.5, 0.6) is 5.75 Å². The summed E-state index contributed by atoms with van der Waals surface area (Å²) in [5, 5.41) is 1.38. The number of nitrogens with zero attached hydrogens (tertiary/aromatic N) is 1. The molecule has 4 nitrogen and oxygen atoms in total. The molecule has 0 bridgehead atoms. The van der Waals surface area contributed by atoms with Crippen molar-refractivity contribution in [3.63, 3.8) is 0 Å². The van der Waals surface area contributed by atoms with Gasteiger partial charge in [0.1, 0.15) is 18.0 Å². The maximum atomic E-state index is 12.6. The predicted molar refractivity (Wildman–Crippen MR) is 107 cm³/mol. The molecule has 2 aromatic carbocycles. The zero-order valence-electron chi connectivity index (χ0n) is 14.0. The molecule has 1 N–H and O–H groups in total. The van der Waals surface area contributed by atoms with Crippen LogP contribution in [0, 0.1) is 6.07 Å². The number of hydrogen-bond acceptors (Lipinski definition) is 3. The standard InChI is InChI=1S/C21H13Cl2N2O2/c22-16-8-9-17(23)19(27-12-13-5-2-1-3-6-13)18(16)15-11-14-7-4-10-24-20(14)25-21(15)26/h1-10H,12H2,(H,24,25,26). The Kier molecular flexibility index (Phi) is 4.84. The second-order valence-electron chi connectivity index (χ2n) is 5.86. The molecule has 6 heteroatoms. The Labute approximate surface area is 165 Å². The lowest BCUT2D eigenvalue weighted by atomic mass is 10.0.